The van der Waals surface area contributed by atoms with Crippen LogP contribution in [0.25, 0.3) is 0 Å². The van der Waals surface area contributed by atoms with E-state index in [0.29, 0.717) is 5.92 Å². The number of carbonyl (C=O) groups is 1. The third kappa shape index (κ3) is 3.26. The van der Waals surface area contributed by atoms with Crippen LogP contribution in [-0.4, -0.2) is 17.1 Å². The fraction of sp³-hybridized carbons (Fsp3) is 0.533. The van der Waals surface area contributed by atoms with Gasteiger partial charge in [0.15, 0.2) is 11.6 Å². The maximum absolute atomic E-state index is 13.9. The van der Waals surface area contributed by atoms with E-state index in [1.54, 1.807) is 0 Å². The number of carboxylic acids is 1. The summed E-state index contributed by atoms with van der Waals surface area (Å²) in [5.41, 5.74) is -0.588. The molecule has 0 radical (unpaired) electrons. The maximum atomic E-state index is 13.9. The Kier molecular flexibility index (Phi) is 4.57. The summed E-state index contributed by atoms with van der Waals surface area (Å²) in [6.45, 7) is 2.20. The third-order valence-corrected chi connectivity index (χ3v) is 3.93. The highest BCUT2D eigenvalue weighted by Gasteiger charge is 2.21. The molecule has 0 aromatic heterocycles. The summed E-state index contributed by atoms with van der Waals surface area (Å²) in [6, 6.07) is 2.52. The Labute approximate surface area is 117 Å². The second-order valence-electron chi connectivity index (χ2n) is 5.55. The number of carboxylic acid groups (broad SMARTS) is 1. The topological polar surface area (TPSA) is 49.3 Å². The molecule has 0 aliphatic heterocycles. The minimum Gasteiger partial charge on any atom is -0.478 e. The lowest BCUT2D eigenvalue weighted by molar-refractivity contribution is 0.0690. The Bertz CT molecular complexity index is 505. The number of benzene rings is 1. The van der Waals surface area contributed by atoms with E-state index in [0.717, 1.165) is 38.2 Å². The van der Waals surface area contributed by atoms with Crippen LogP contribution in [0.2, 0.25) is 0 Å². The molecular formula is C15H19F2NO2. The Hall–Kier alpha value is -1.65. The number of halogens is 2. The van der Waals surface area contributed by atoms with Crippen LogP contribution < -0.4 is 5.32 Å². The monoisotopic (exact) mass is 283 g/mol. The summed E-state index contributed by atoms with van der Waals surface area (Å²) in [5, 5.41) is 11.8. The molecule has 1 aromatic rings. The molecule has 0 amide bonds. The molecule has 0 saturated heterocycles. The Morgan fingerprint density at radius 1 is 1.20 bits per heavy atom. The molecule has 110 valence electrons. The highest BCUT2D eigenvalue weighted by molar-refractivity contribution is 5.88. The van der Waals surface area contributed by atoms with Crippen molar-refractivity contribution in [2.24, 2.45) is 5.92 Å². The first-order valence-corrected chi connectivity index (χ1v) is 6.97. The predicted molar refractivity (Wildman–Crippen MR) is 73.0 cm³/mol. The van der Waals surface area contributed by atoms with Gasteiger partial charge in [0.05, 0.1) is 11.3 Å². The van der Waals surface area contributed by atoms with Crippen molar-refractivity contribution in [3.8, 4) is 0 Å². The number of hydrogen-bond acceptors (Lipinski definition) is 2. The number of hydrogen-bond donors (Lipinski definition) is 2. The molecule has 0 spiro atoms. The van der Waals surface area contributed by atoms with Crippen LogP contribution in [-0.2, 0) is 0 Å². The van der Waals surface area contributed by atoms with Gasteiger partial charge in [0, 0.05) is 6.04 Å². The maximum Gasteiger partial charge on any atom is 0.338 e. The first kappa shape index (κ1) is 14.8. The van der Waals surface area contributed by atoms with E-state index in [9.17, 15) is 13.6 Å². The average Bonchev–Trinajstić information content (AvgIpc) is 2.60. The van der Waals surface area contributed by atoms with E-state index in [4.69, 9.17) is 5.11 Å². The van der Waals surface area contributed by atoms with Crippen molar-refractivity contribution in [2.45, 2.75) is 45.1 Å². The standard InChI is InChI=1S/C15H19F2NO2/c1-9-3-2-4-10(6-5-9)18-12-8-7-11(15(19)20)13(16)14(12)17/h7-10,18H,2-6H2,1H3,(H,19,20). The molecule has 20 heavy (non-hydrogen) atoms. The van der Waals surface area contributed by atoms with Gasteiger partial charge in [-0.1, -0.05) is 19.8 Å². The number of anilines is 1. The van der Waals surface area contributed by atoms with E-state index in [2.05, 4.69) is 12.2 Å². The molecular weight excluding hydrogens is 264 g/mol. The molecule has 0 bridgehead atoms. The Morgan fingerprint density at radius 3 is 2.65 bits per heavy atom. The lowest BCUT2D eigenvalue weighted by Crippen LogP contribution is -2.20. The highest BCUT2D eigenvalue weighted by Crippen LogP contribution is 2.27. The first-order chi connectivity index (χ1) is 9.49. The van der Waals surface area contributed by atoms with Crippen LogP contribution in [0.4, 0.5) is 14.5 Å². The van der Waals surface area contributed by atoms with Gasteiger partial charge in [-0.05, 0) is 37.3 Å². The van der Waals surface area contributed by atoms with Crippen LogP contribution in [0.15, 0.2) is 12.1 Å². The van der Waals surface area contributed by atoms with Crippen molar-refractivity contribution in [1.82, 2.24) is 0 Å². The van der Waals surface area contributed by atoms with Gasteiger partial charge in [0.2, 0.25) is 0 Å². The Morgan fingerprint density at radius 2 is 1.95 bits per heavy atom. The van der Waals surface area contributed by atoms with E-state index < -0.39 is 23.2 Å². The van der Waals surface area contributed by atoms with Gasteiger partial charge in [-0.3, -0.25) is 0 Å². The molecule has 1 aliphatic carbocycles. The largest absolute Gasteiger partial charge is 0.478 e. The van der Waals surface area contributed by atoms with Gasteiger partial charge in [0.25, 0.3) is 0 Å². The van der Waals surface area contributed by atoms with Crippen LogP contribution in [0.1, 0.15) is 49.4 Å². The lowest BCUT2D eigenvalue weighted by Gasteiger charge is -2.18. The van der Waals surface area contributed by atoms with Crippen molar-refractivity contribution in [3.05, 3.63) is 29.3 Å². The Balaban J connectivity index is 2.13. The van der Waals surface area contributed by atoms with Gasteiger partial charge in [0.1, 0.15) is 0 Å². The van der Waals surface area contributed by atoms with E-state index in [-0.39, 0.29) is 11.7 Å². The zero-order valence-corrected chi connectivity index (χ0v) is 11.5. The summed E-state index contributed by atoms with van der Waals surface area (Å²) in [4.78, 5) is 10.7. The molecule has 1 aliphatic rings. The molecule has 1 saturated carbocycles. The minimum atomic E-state index is -1.46. The number of rotatable bonds is 3. The van der Waals surface area contributed by atoms with Crippen molar-refractivity contribution in [3.63, 3.8) is 0 Å². The summed E-state index contributed by atoms with van der Waals surface area (Å²) in [5.74, 6) is -3.21. The normalized spacial score (nSPS) is 23.1. The van der Waals surface area contributed by atoms with Crippen molar-refractivity contribution in [2.75, 3.05) is 5.32 Å². The zero-order valence-electron chi connectivity index (χ0n) is 11.5. The van der Waals surface area contributed by atoms with Crippen LogP contribution in [0.5, 0.6) is 0 Å². The zero-order chi connectivity index (χ0) is 14.7. The first-order valence-electron chi connectivity index (χ1n) is 6.97. The fourth-order valence-corrected chi connectivity index (χ4v) is 2.68. The second-order valence-corrected chi connectivity index (χ2v) is 5.55. The van der Waals surface area contributed by atoms with Crippen LogP contribution in [0, 0.1) is 17.6 Å². The van der Waals surface area contributed by atoms with Crippen LogP contribution in [0.3, 0.4) is 0 Å². The molecule has 1 aromatic carbocycles. The molecule has 2 N–H and O–H groups in total. The molecule has 2 rings (SSSR count). The predicted octanol–water partition coefficient (Wildman–Crippen LogP) is 4.04. The number of aromatic carboxylic acids is 1. The SMILES string of the molecule is CC1CCCC(Nc2ccc(C(=O)O)c(F)c2F)CC1. The molecule has 2 unspecified atom stereocenters. The summed E-state index contributed by atoms with van der Waals surface area (Å²) in [6.07, 6.45) is 5.13. The van der Waals surface area contributed by atoms with Gasteiger partial charge in [-0.2, -0.15) is 0 Å². The lowest BCUT2D eigenvalue weighted by atomic mass is 10.0. The quantitative estimate of drug-likeness (QED) is 0.823. The van der Waals surface area contributed by atoms with Crippen molar-refractivity contribution >= 4 is 11.7 Å². The van der Waals surface area contributed by atoms with Crippen molar-refractivity contribution in [1.29, 1.82) is 0 Å². The summed E-state index contributed by atoms with van der Waals surface area (Å²) in [7, 11) is 0. The smallest absolute Gasteiger partial charge is 0.338 e. The molecule has 1 fully saturated rings. The summed E-state index contributed by atoms with van der Waals surface area (Å²) >= 11 is 0. The van der Waals surface area contributed by atoms with Crippen LogP contribution >= 0.6 is 0 Å². The average molecular weight is 283 g/mol. The van der Waals surface area contributed by atoms with Gasteiger partial charge < -0.3 is 10.4 Å². The third-order valence-electron chi connectivity index (χ3n) is 3.93. The van der Waals surface area contributed by atoms with Crippen molar-refractivity contribution < 1.29 is 18.7 Å². The molecule has 5 heteroatoms. The van der Waals surface area contributed by atoms with Gasteiger partial charge >= 0.3 is 5.97 Å². The molecule has 0 heterocycles. The van der Waals surface area contributed by atoms with Gasteiger partial charge in [-0.25, -0.2) is 13.6 Å². The van der Waals surface area contributed by atoms with E-state index in [1.807, 2.05) is 0 Å². The number of nitrogens with one attached hydrogen (secondary N) is 1. The second kappa shape index (κ2) is 6.20. The molecule has 2 atom stereocenters. The summed E-state index contributed by atoms with van der Waals surface area (Å²) < 4.78 is 27.5. The van der Waals surface area contributed by atoms with Gasteiger partial charge in [-0.15, -0.1) is 0 Å². The minimum absolute atomic E-state index is 0.0482. The van der Waals surface area contributed by atoms with E-state index >= 15 is 0 Å². The van der Waals surface area contributed by atoms with E-state index in [1.165, 1.54) is 6.07 Å². The highest BCUT2D eigenvalue weighted by atomic mass is 19.2. The fourth-order valence-electron chi connectivity index (χ4n) is 2.68. The molecule has 3 nitrogen and oxygen atoms in total.